The van der Waals surface area contributed by atoms with Crippen LogP contribution in [0.15, 0.2) is 0 Å². The van der Waals surface area contributed by atoms with Crippen LogP contribution < -0.4 is 0 Å². The minimum absolute atomic E-state index is 0. The zero-order valence-electron chi connectivity index (χ0n) is 1.80. The van der Waals surface area contributed by atoms with Gasteiger partial charge in [-0.15, -0.1) is 0 Å². The molecule has 0 unspecified atom stereocenters. The molecule has 0 spiro atoms. The third kappa shape index (κ3) is 16.8. The van der Waals surface area contributed by atoms with E-state index in [1.807, 2.05) is 0 Å². The van der Waals surface area contributed by atoms with Crippen molar-refractivity contribution in [2.24, 2.45) is 0 Å². The molecule has 0 heterocycles. The first kappa shape index (κ1) is 143. The Morgan fingerprint density at radius 2 is 0.500 bits per heavy atom. The number of hydrogen-bond donors (Lipinski definition) is 0. The molecule has 0 saturated heterocycles. The number of hydrogen-bond acceptors (Lipinski definition) is 0. The van der Waals surface area contributed by atoms with E-state index < -0.39 is 0 Å². The minimum Gasteiger partial charge on any atom is -0.269 e. The summed E-state index contributed by atoms with van der Waals surface area (Å²) in [7, 11) is 0. The molecule has 4 heteroatoms. The van der Waals surface area contributed by atoms with Crippen LogP contribution in [0.3, 0.4) is 0 Å². The monoisotopic (exact) mass is 175 g/mol. The topological polar surface area (TPSA) is 0 Å². The zero-order chi connectivity index (χ0) is 0. The predicted octanol–water partition coefficient (Wildman–Crippen LogP) is 0.0767. The molecular weight excluding hydrogens is 172 g/mol. The normalized spacial score (nSPS) is 0. The van der Waals surface area contributed by atoms with E-state index in [0.717, 1.165) is 0 Å². The molecule has 0 amide bonds. The third-order valence-corrected chi connectivity index (χ3v) is 0. The van der Waals surface area contributed by atoms with Crippen molar-refractivity contribution >= 4 is 25.8 Å². The maximum Gasteiger partial charge on any atom is 0 e. The van der Waals surface area contributed by atoms with Gasteiger partial charge in [-0.2, -0.15) is 0 Å². The zero-order valence-corrected chi connectivity index (χ0v) is 5.10. The van der Waals surface area contributed by atoms with E-state index in [0.29, 0.717) is 0 Å². The van der Waals surface area contributed by atoms with Crippen molar-refractivity contribution in [3.63, 3.8) is 0 Å². The van der Waals surface area contributed by atoms with Crippen LogP contribution in [0.25, 0.3) is 0 Å². The Morgan fingerprint density at radius 1 is 0.500 bits per heavy atom. The third-order valence-electron chi connectivity index (χ3n) is 0. The van der Waals surface area contributed by atoms with Crippen molar-refractivity contribution in [1.29, 1.82) is 0 Å². The van der Waals surface area contributed by atoms with E-state index in [1.165, 1.54) is 0 Å². The Bertz CT molecular complexity index is 3.25. The molecule has 0 aliphatic carbocycles. The second-order valence-electron chi connectivity index (χ2n) is 0. The van der Waals surface area contributed by atoms with Crippen LogP contribution in [0, 0.1) is 0 Å². The molecule has 0 fully saturated rings. The van der Waals surface area contributed by atoms with Crippen molar-refractivity contribution in [3.8, 4) is 0 Å². The molecule has 0 N–H and O–H groups in total. The smallest absolute Gasteiger partial charge is 0 e. The van der Waals surface area contributed by atoms with Crippen LogP contribution in [0.2, 0.25) is 0 Å². The van der Waals surface area contributed by atoms with Crippen LogP contribution in [0.5, 0.6) is 0 Å². The van der Waals surface area contributed by atoms with Gasteiger partial charge in [0.2, 0.25) is 0 Å². The van der Waals surface area contributed by atoms with Gasteiger partial charge in [-0.05, 0) is 0 Å². The van der Waals surface area contributed by atoms with Crippen molar-refractivity contribution < 1.29 is 14.1 Å². The van der Waals surface area contributed by atoms with Crippen molar-refractivity contribution in [3.05, 3.63) is 0 Å². The second kappa shape index (κ2) is 59.4. The van der Waals surface area contributed by atoms with Gasteiger partial charge in [-0.25, -0.2) is 0 Å². The molecule has 0 bridgehead atoms. The molecule has 4 heavy (non-hydrogen) atoms. The van der Waals surface area contributed by atoms with E-state index in [2.05, 4.69) is 0 Å². The van der Waals surface area contributed by atoms with E-state index in [9.17, 15) is 0 Å². The molecule has 0 aromatic carbocycles. The quantitative estimate of drug-likeness (QED) is 0.488. The van der Waals surface area contributed by atoms with Crippen LogP contribution in [-0.2, 0) is 0 Å². The summed E-state index contributed by atoms with van der Waals surface area (Å²) >= 11 is 0. The van der Waals surface area contributed by atoms with E-state index >= 15 is 0 Å². The van der Waals surface area contributed by atoms with Gasteiger partial charge in [-0.1, -0.05) is 0 Å². The summed E-state index contributed by atoms with van der Waals surface area (Å²) < 4.78 is 0. The largest absolute Gasteiger partial charge is 0.269 e. The molecule has 0 aliphatic heterocycles. The maximum atomic E-state index is 0. The Kier molecular flexibility index (Phi) is 2130. The van der Waals surface area contributed by atoms with Gasteiger partial charge >= 0.3 is 0 Å². The average Bonchev–Trinajstić information content (AvgIpc) is 0. The summed E-state index contributed by atoms with van der Waals surface area (Å²) in [6.45, 7) is 0. The predicted molar refractivity (Wildman–Crippen MR) is 13.3 cm³/mol. The first-order chi connectivity index (χ1) is 0. The van der Waals surface area contributed by atoms with Crippen molar-refractivity contribution in [1.82, 2.24) is 0 Å². The first-order valence-electron chi connectivity index (χ1n) is 0. The van der Waals surface area contributed by atoms with Gasteiger partial charge in [0.25, 0.3) is 0 Å². The summed E-state index contributed by atoms with van der Waals surface area (Å²) in [6.07, 6.45) is 0. The molecule has 0 saturated carbocycles. The fourth-order valence-electron chi connectivity index (χ4n) is 0. The van der Waals surface area contributed by atoms with Gasteiger partial charge in [0.1, 0.15) is 0 Å². The average molecular weight is 175 g/mol. The number of halogens is 3. The molecule has 0 aromatic rings. The molecular formula is H3F3In. The Labute approximate surface area is 40.5 Å². The van der Waals surface area contributed by atoms with Crippen LogP contribution in [0.4, 0.5) is 14.1 Å². The Hall–Kier alpha value is 0.660. The molecule has 0 nitrogen and oxygen atoms in total. The van der Waals surface area contributed by atoms with Crippen LogP contribution >= 0.6 is 0 Å². The molecule has 0 aromatic heterocycles. The van der Waals surface area contributed by atoms with Gasteiger partial charge in [0.15, 0.2) is 0 Å². The minimum atomic E-state index is 0. The summed E-state index contributed by atoms with van der Waals surface area (Å²) in [6, 6.07) is 0. The summed E-state index contributed by atoms with van der Waals surface area (Å²) in [4.78, 5) is 0. The fraction of sp³-hybridized carbons (Fsp3) is 0. The maximum absolute atomic E-state index is 0. The van der Waals surface area contributed by atoms with E-state index in [4.69, 9.17) is 0 Å². The first-order valence-corrected chi connectivity index (χ1v) is 0. The molecule has 3 radical (unpaired) electrons. The van der Waals surface area contributed by atoms with Gasteiger partial charge < -0.3 is 0 Å². The summed E-state index contributed by atoms with van der Waals surface area (Å²) in [5.74, 6) is 0. The molecule has 27 valence electrons. The van der Waals surface area contributed by atoms with E-state index in [-0.39, 0.29) is 40.0 Å². The van der Waals surface area contributed by atoms with Crippen LogP contribution in [-0.4, -0.2) is 25.8 Å². The summed E-state index contributed by atoms with van der Waals surface area (Å²) in [5.41, 5.74) is 0. The van der Waals surface area contributed by atoms with Gasteiger partial charge in [-0.3, -0.25) is 14.1 Å². The second-order valence-corrected chi connectivity index (χ2v) is 0. The standard InChI is InChI=1S/3FH.In/h3*1H;. The van der Waals surface area contributed by atoms with Gasteiger partial charge in [0, 0.05) is 25.8 Å². The Morgan fingerprint density at radius 3 is 0.500 bits per heavy atom. The van der Waals surface area contributed by atoms with Crippen molar-refractivity contribution in [2.45, 2.75) is 0 Å². The van der Waals surface area contributed by atoms with E-state index in [1.54, 1.807) is 0 Å². The molecule has 0 aliphatic rings. The Balaban J connectivity index is 0. The SMILES string of the molecule is F.F.F.[In]. The fourth-order valence-corrected chi connectivity index (χ4v) is 0. The molecule has 0 rings (SSSR count). The summed E-state index contributed by atoms with van der Waals surface area (Å²) in [5, 5.41) is 0. The number of rotatable bonds is 0. The van der Waals surface area contributed by atoms with Crippen LogP contribution in [0.1, 0.15) is 0 Å². The van der Waals surface area contributed by atoms with Gasteiger partial charge in [0.05, 0.1) is 0 Å². The molecule has 0 atom stereocenters. The van der Waals surface area contributed by atoms with Crippen molar-refractivity contribution in [2.75, 3.05) is 0 Å².